The molecule has 3 N–H and O–H groups in total. The molecule has 0 radical (unpaired) electrons. The van der Waals surface area contributed by atoms with Crippen molar-refractivity contribution in [1.29, 1.82) is 0 Å². The van der Waals surface area contributed by atoms with Gasteiger partial charge in [-0.05, 0) is 54.6 Å². The Morgan fingerprint density at radius 3 is 2.27 bits per heavy atom. The van der Waals surface area contributed by atoms with Crippen molar-refractivity contribution in [3.63, 3.8) is 0 Å². The van der Waals surface area contributed by atoms with E-state index in [0.29, 0.717) is 27.6 Å². The minimum Gasteiger partial charge on any atom is -0.347 e. The van der Waals surface area contributed by atoms with Gasteiger partial charge in [-0.25, -0.2) is 21.6 Å². The lowest BCUT2D eigenvalue weighted by Gasteiger charge is -2.10. The average molecular weight is 596 g/mol. The maximum atomic E-state index is 12.7. The van der Waals surface area contributed by atoms with Gasteiger partial charge in [-0.1, -0.05) is 17.7 Å². The number of sulfonamides is 1. The van der Waals surface area contributed by atoms with Crippen LogP contribution in [0.3, 0.4) is 0 Å². The highest BCUT2D eigenvalue weighted by molar-refractivity contribution is 7.92. The third kappa shape index (κ3) is 7.29. The van der Waals surface area contributed by atoms with E-state index in [4.69, 9.17) is 11.6 Å². The van der Waals surface area contributed by atoms with Gasteiger partial charge in [0.2, 0.25) is 5.91 Å². The van der Waals surface area contributed by atoms with Gasteiger partial charge in [0, 0.05) is 21.2 Å². The predicted octanol–water partition coefficient (Wildman–Crippen LogP) is 3.54. The Hall–Kier alpha value is -2.98. The number of alkyl halides is 3. The van der Waals surface area contributed by atoms with Crippen molar-refractivity contribution in [3.05, 3.63) is 76.1 Å². The highest BCUT2D eigenvalue weighted by Gasteiger charge is 2.46. The molecule has 0 atom stereocenters. The Kier molecular flexibility index (Phi) is 8.64. The third-order valence-electron chi connectivity index (χ3n) is 4.59. The molecule has 16 heteroatoms. The molecule has 0 saturated carbocycles. The van der Waals surface area contributed by atoms with E-state index in [1.54, 1.807) is 12.1 Å². The van der Waals surface area contributed by atoms with E-state index in [-0.39, 0.29) is 16.4 Å². The van der Waals surface area contributed by atoms with E-state index in [0.717, 1.165) is 23.5 Å². The fourth-order valence-electron chi connectivity index (χ4n) is 2.78. The molecule has 0 aliphatic heterocycles. The van der Waals surface area contributed by atoms with E-state index in [9.17, 15) is 39.6 Å². The van der Waals surface area contributed by atoms with Crippen LogP contribution in [0.1, 0.15) is 15.2 Å². The topological polar surface area (TPSA) is 139 Å². The number of anilines is 1. The minimum atomic E-state index is -5.62. The number of benzene rings is 2. The summed E-state index contributed by atoms with van der Waals surface area (Å²) in [7, 11) is -9.76. The number of thiophene rings is 1. The molecule has 2 amide bonds. The summed E-state index contributed by atoms with van der Waals surface area (Å²) in [6.45, 7) is -0.738. The fourth-order valence-corrected chi connectivity index (χ4v) is 6.04. The van der Waals surface area contributed by atoms with E-state index in [1.165, 1.54) is 24.3 Å². The van der Waals surface area contributed by atoms with Gasteiger partial charge in [0.1, 0.15) is 4.21 Å². The summed E-state index contributed by atoms with van der Waals surface area (Å²) < 4.78 is 88.1. The standard InChI is InChI=1S/C21H17ClF3N3O6S3/c22-14-6-4-13(5-7-14)20(30)26-11-16-8-9-19(35-16)37(33,34)27-12-18(29)28-15-2-1-3-17(10-15)36(31,32)21(23,24)25/h1-10,27H,11-12H2,(H,26,30)(H,28,29). The molecule has 0 fully saturated rings. The molecule has 0 spiro atoms. The monoisotopic (exact) mass is 595 g/mol. The number of nitrogens with one attached hydrogen (secondary N) is 3. The molecular formula is C21H17ClF3N3O6S3. The van der Waals surface area contributed by atoms with Gasteiger partial charge in [-0.3, -0.25) is 9.59 Å². The van der Waals surface area contributed by atoms with Crippen LogP contribution in [0.4, 0.5) is 18.9 Å². The van der Waals surface area contributed by atoms with Gasteiger partial charge >= 0.3 is 5.51 Å². The van der Waals surface area contributed by atoms with Crippen molar-refractivity contribution < 1.29 is 39.6 Å². The van der Waals surface area contributed by atoms with Crippen molar-refractivity contribution in [2.45, 2.75) is 21.2 Å². The summed E-state index contributed by atoms with van der Waals surface area (Å²) in [5.41, 5.74) is -5.43. The summed E-state index contributed by atoms with van der Waals surface area (Å²) in [5, 5.41) is 5.24. The van der Waals surface area contributed by atoms with Gasteiger partial charge in [0.25, 0.3) is 25.8 Å². The second-order valence-electron chi connectivity index (χ2n) is 7.26. The molecule has 0 aliphatic rings. The SMILES string of the molecule is O=C(CNS(=O)(=O)c1ccc(CNC(=O)c2ccc(Cl)cc2)s1)Nc1cccc(S(=O)(=O)C(F)(F)F)c1. The van der Waals surface area contributed by atoms with Crippen molar-refractivity contribution in [2.75, 3.05) is 11.9 Å². The number of amides is 2. The molecule has 198 valence electrons. The molecule has 2 aromatic carbocycles. The fraction of sp³-hybridized carbons (Fsp3) is 0.143. The van der Waals surface area contributed by atoms with Crippen LogP contribution in [0, 0.1) is 0 Å². The molecule has 0 bridgehead atoms. The first kappa shape index (κ1) is 28.6. The first-order valence-electron chi connectivity index (χ1n) is 10.0. The first-order chi connectivity index (χ1) is 17.2. The zero-order valence-corrected chi connectivity index (χ0v) is 21.6. The van der Waals surface area contributed by atoms with Crippen LogP contribution in [0.15, 0.2) is 69.8 Å². The van der Waals surface area contributed by atoms with Crippen LogP contribution in [0.25, 0.3) is 0 Å². The van der Waals surface area contributed by atoms with Crippen molar-refractivity contribution in [2.24, 2.45) is 0 Å². The maximum Gasteiger partial charge on any atom is 0.501 e. The Morgan fingerprint density at radius 2 is 1.62 bits per heavy atom. The number of sulfone groups is 1. The second kappa shape index (κ2) is 11.2. The zero-order valence-electron chi connectivity index (χ0n) is 18.4. The molecular weight excluding hydrogens is 579 g/mol. The van der Waals surface area contributed by atoms with Gasteiger partial charge in [0.15, 0.2) is 0 Å². The second-order valence-corrected chi connectivity index (χ2v) is 12.8. The van der Waals surface area contributed by atoms with Crippen LogP contribution in [-0.2, 0) is 31.2 Å². The molecule has 1 heterocycles. The number of halogens is 4. The normalized spacial score (nSPS) is 12.2. The molecule has 0 aliphatic carbocycles. The summed E-state index contributed by atoms with van der Waals surface area (Å²) in [5.74, 6) is -1.34. The Morgan fingerprint density at radius 1 is 0.946 bits per heavy atom. The van der Waals surface area contributed by atoms with E-state index < -0.39 is 48.6 Å². The van der Waals surface area contributed by atoms with Gasteiger partial charge in [0.05, 0.1) is 18.0 Å². The minimum absolute atomic E-state index is 0.0410. The number of hydrogen-bond acceptors (Lipinski definition) is 7. The van der Waals surface area contributed by atoms with Crippen LogP contribution < -0.4 is 15.4 Å². The third-order valence-corrected chi connectivity index (χ3v) is 9.30. The Bertz CT molecular complexity index is 1520. The summed E-state index contributed by atoms with van der Waals surface area (Å²) in [4.78, 5) is 23.7. The largest absolute Gasteiger partial charge is 0.501 e. The smallest absolute Gasteiger partial charge is 0.347 e. The quantitative estimate of drug-likeness (QED) is 0.346. The van der Waals surface area contributed by atoms with E-state index >= 15 is 0 Å². The Balaban J connectivity index is 1.57. The molecule has 0 saturated heterocycles. The number of carbonyl (C=O) groups excluding carboxylic acids is 2. The zero-order chi connectivity index (χ0) is 27.4. The lowest BCUT2D eigenvalue weighted by Crippen LogP contribution is -2.32. The summed E-state index contributed by atoms with van der Waals surface area (Å²) in [6, 6.07) is 12.4. The van der Waals surface area contributed by atoms with Crippen LogP contribution in [0.2, 0.25) is 5.02 Å². The van der Waals surface area contributed by atoms with E-state index in [2.05, 4.69) is 10.6 Å². The Labute approximate surface area is 218 Å². The van der Waals surface area contributed by atoms with Gasteiger partial charge in [-0.2, -0.15) is 13.2 Å². The van der Waals surface area contributed by atoms with Crippen molar-refractivity contribution in [1.82, 2.24) is 10.0 Å². The first-order valence-corrected chi connectivity index (χ1v) is 14.2. The van der Waals surface area contributed by atoms with Crippen LogP contribution in [-0.4, -0.2) is 40.7 Å². The highest BCUT2D eigenvalue weighted by atomic mass is 35.5. The lowest BCUT2D eigenvalue weighted by molar-refractivity contribution is -0.115. The lowest BCUT2D eigenvalue weighted by atomic mass is 10.2. The molecule has 9 nitrogen and oxygen atoms in total. The van der Waals surface area contributed by atoms with Crippen molar-refractivity contribution in [3.8, 4) is 0 Å². The average Bonchev–Trinajstić information content (AvgIpc) is 3.31. The van der Waals surface area contributed by atoms with Gasteiger partial charge in [-0.15, -0.1) is 11.3 Å². The predicted molar refractivity (Wildman–Crippen MR) is 130 cm³/mol. The van der Waals surface area contributed by atoms with Gasteiger partial charge < -0.3 is 10.6 Å². The maximum absolute atomic E-state index is 12.7. The molecule has 3 aromatic rings. The molecule has 3 rings (SSSR count). The molecule has 0 unspecified atom stereocenters. The van der Waals surface area contributed by atoms with Crippen molar-refractivity contribution >= 4 is 60.3 Å². The summed E-state index contributed by atoms with van der Waals surface area (Å²) >= 11 is 6.63. The number of hydrogen-bond donors (Lipinski definition) is 3. The van der Waals surface area contributed by atoms with E-state index in [1.807, 2.05) is 4.72 Å². The number of rotatable bonds is 9. The highest BCUT2D eigenvalue weighted by Crippen LogP contribution is 2.31. The summed E-state index contributed by atoms with van der Waals surface area (Å²) in [6.07, 6.45) is 0. The molecule has 37 heavy (non-hydrogen) atoms. The number of carbonyl (C=O) groups is 2. The molecule has 1 aromatic heterocycles. The van der Waals surface area contributed by atoms with Crippen LogP contribution in [0.5, 0.6) is 0 Å². The van der Waals surface area contributed by atoms with Crippen LogP contribution >= 0.6 is 22.9 Å².